The molecular formula is C22H16BrN3O2. The van der Waals surface area contributed by atoms with Crippen molar-refractivity contribution in [2.24, 2.45) is 0 Å². The largest absolute Gasteiger partial charge is 0.340 e. The van der Waals surface area contributed by atoms with E-state index in [-0.39, 0.29) is 16.8 Å². The number of aromatic nitrogens is 3. The third-order valence-corrected chi connectivity index (χ3v) is 4.95. The normalized spacial score (nSPS) is 10.9. The molecule has 0 fully saturated rings. The van der Waals surface area contributed by atoms with Gasteiger partial charge in [-0.15, -0.1) is 0 Å². The number of rotatable bonds is 4. The van der Waals surface area contributed by atoms with Crippen LogP contribution in [0, 0.1) is 6.92 Å². The number of nitrogens with zero attached hydrogens (tertiary/aromatic N) is 3. The van der Waals surface area contributed by atoms with Crippen LogP contribution in [-0.4, -0.2) is 20.3 Å². The summed E-state index contributed by atoms with van der Waals surface area (Å²) >= 11 is 3.38. The number of pyridine rings is 3. The molecule has 0 atom stereocenters. The molecule has 0 saturated heterocycles. The van der Waals surface area contributed by atoms with E-state index in [2.05, 4.69) is 25.9 Å². The van der Waals surface area contributed by atoms with Gasteiger partial charge in [-0.25, -0.2) is 4.98 Å². The first-order chi connectivity index (χ1) is 13.5. The summed E-state index contributed by atoms with van der Waals surface area (Å²) in [5.74, 6) is -0.334. The monoisotopic (exact) mass is 433 g/mol. The SMILES string of the molecule is Cc1ccc(C(=O)c2cn(Cc3cccc(Br)n3)c3ccccc3c2=O)cn1. The van der Waals surface area contributed by atoms with Crippen molar-refractivity contribution in [3.05, 3.63) is 104 Å². The van der Waals surface area contributed by atoms with E-state index in [1.54, 1.807) is 30.5 Å². The van der Waals surface area contributed by atoms with Crippen LogP contribution < -0.4 is 5.43 Å². The lowest BCUT2D eigenvalue weighted by Crippen LogP contribution is -2.20. The van der Waals surface area contributed by atoms with E-state index >= 15 is 0 Å². The van der Waals surface area contributed by atoms with Crippen LogP contribution in [0.25, 0.3) is 10.9 Å². The Hall–Kier alpha value is -3.12. The van der Waals surface area contributed by atoms with Crippen molar-refractivity contribution >= 4 is 32.6 Å². The van der Waals surface area contributed by atoms with Crippen molar-refractivity contribution in [3.8, 4) is 0 Å². The molecule has 4 aromatic rings. The Kier molecular flexibility index (Phi) is 4.88. The number of carbonyl (C=O) groups is 1. The second-order valence-corrected chi connectivity index (χ2v) is 7.30. The lowest BCUT2D eigenvalue weighted by Gasteiger charge is -2.13. The highest BCUT2D eigenvalue weighted by atomic mass is 79.9. The van der Waals surface area contributed by atoms with Crippen molar-refractivity contribution in [1.82, 2.24) is 14.5 Å². The van der Waals surface area contributed by atoms with E-state index < -0.39 is 0 Å². The fourth-order valence-electron chi connectivity index (χ4n) is 3.11. The second-order valence-electron chi connectivity index (χ2n) is 6.49. The van der Waals surface area contributed by atoms with Gasteiger partial charge in [-0.3, -0.25) is 14.6 Å². The molecule has 3 aromatic heterocycles. The quantitative estimate of drug-likeness (QED) is 0.358. The van der Waals surface area contributed by atoms with Crippen LogP contribution in [0.15, 0.2) is 76.4 Å². The van der Waals surface area contributed by atoms with Crippen LogP contribution in [0.4, 0.5) is 0 Å². The Balaban J connectivity index is 1.87. The summed E-state index contributed by atoms with van der Waals surface area (Å²) < 4.78 is 2.62. The number of para-hydroxylation sites is 1. The maximum Gasteiger partial charge on any atom is 0.200 e. The van der Waals surface area contributed by atoms with Gasteiger partial charge in [0.2, 0.25) is 5.43 Å². The average molecular weight is 434 g/mol. The molecule has 0 saturated carbocycles. The molecule has 0 aliphatic heterocycles. The van der Waals surface area contributed by atoms with E-state index in [1.165, 1.54) is 6.20 Å². The molecule has 28 heavy (non-hydrogen) atoms. The lowest BCUT2D eigenvalue weighted by molar-refractivity contribution is 0.103. The maximum absolute atomic E-state index is 13.0. The highest BCUT2D eigenvalue weighted by Gasteiger charge is 2.17. The molecule has 4 rings (SSSR count). The predicted octanol–water partition coefficient (Wildman–Crippen LogP) is 4.14. The zero-order valence-corrected chi connectivity index (χ0v) is 16.7. The Morgan fingerprint density at radius 3 is 2.64 bits per heavy atom. The maximum atomic E-state index is 13.0. The molecule has 0 amide bonds. The number of carbonyl (C=O) groups excluding carboxylic acids is 1. The second kappa shape index (κ2) is 7.48. The first kappa shape index (κ1) is 18.3. The van der Waals surface area contributed by atoms with Gasteiger partial charge in [0.1, 0.15) is 4.60 Å². The van der Waals surface area contributed by atoms with E-state index in [1.807, 2.05) is 41.8 Å². The first-order valence-electron chi connectivity index (χ1n) is 8.74. The Morgan fingerprint density at radius 2 is 1.89 bits per heavy atom. The number of ketones is 1. The molecule has 138 valence electrons. The van der Waals surface area contributed by atoms with Gasteiger partial charge in [-0.2, -0.15) is 0 Å². The zero-order chi connectivity index (χ0) is 19.7. The smallest absolute Gasteiger partial charge is 0.200 e. The van der Waals surface area contributed by atoms with E-state index in [9.17, 15) is 9.59 Å². The zero-order valence-electron chi connectivity index (χ0n) is 15.1. The van der Waals surface area contributed by atoms with Gasteiger partial charge in [0, 0.05) is 29.0 Å². The summed E-state index contributed by atoms with van der Waals surface area (Å²) in [6.45, 7) is 2.29. The van der Waals surface area contributed by atoms with Gasteiger partial charge >= 0.3 is 0 Å². The van der Waals surface area contributed by atoms with Crippen LogP contribution in [0.2, 0.25) is 0 Å². The number of hydrogen-bond donors (Lipinski definition) is 0. The standard InChI is InChI=1S/C22H16BrN3O2/c1-14-9-10-15(11-24-14)21(27)18-13-26(12-16-5-4-8-20(23)25-16)19-7-3-2-6-17(19)22(18)28/h2-11,13H,12H2,1H3. The minimum absolute atomic E-state index is 0.124. The summed E-state index contributed by atoms with van der Waals surface area (Å²) in [5.41, 5.74) is 2.63. The predicted molar refractivity (Wildman–Crippen MR) is 112 cm³/mol. The molecule has 6 heteroatoms. The third kappa shape index (κ3) is 3.51. The molecule has 0 spiro atoms. The van der Waals surface area contributed by atoms with Crippen LogP contribution in [0.1, 0.15) is 27.3 Å². The molecule has 5 nitrogen and oxygen atoms in total. The minimum Gasteiger partial charge on any atom is -0.340 e. The Morgan fingerprint density at radius 1 is 1.07 bits per heavy atom. The van der Waals surface area contributed by atoms with Crippen molar-refractivity contribution in [2.75, 3.05) is 0 Å². The molecule has 0 aliphatic rings. The highest BCUT2D eigenvalue weighted by Crippen LogP contribution is 2.16. The van der Waals surface area contributed by atoms with Gasteiger partial charge in [0.25, 0.3) is 0 Å². The molecule has 0 bridgehead atoms. The summed E-state index contributed by atoms with van der Waals surface area (Å²) in [4.78, 5) is 34.6. The fraction of sp³-hybridized carbons (Fsp3) is 0.0909. The summed E-state index contributed by atoms with van der Waals surface area (Å²) in [7, 11) is 0. The number of hydrogen-bond acceptors (Lipinski definition) is 4. The molecule has 0 unspecified atom stereocenters. The van der Waals surface area contributed by atoms with Crippen molar-refractivity contribution in [3.63, 3.8) is 0 Å². The molecular weight excluding hydrogens is 418 g/mol. The van der Waals surface area contributed by atoms with Gasteiger partial charge in [0.05, 0.1) is 23.3 Å². The van der Waals surface area contributed by atoms with Gasteiger partial charge in [-0.1, -0.05) is 18.2 Å². The Labute approximate surface area is 169 Å². The number of benzene rings is 1. The van der Waals surface area contributed by atoms with E-state index in [0.717, 1.165) is 21.5 Å². The number of aryl methyl sites for hydroxylation is 1. The van der Waals surface area contributed by atoms with E-state index in [4.69, 9.17) is 0 Å². The summed E-state index contributed by atoms with van der Waals surface area (Å²) in [5, 5.41) is 0.503. The number of fused-ring (bicyclic) bond motifs is 1. The average Bonchev–Trinajstić information content (AvgIpc) is 2.70. The molecule has 0 N–H and O–H groups in total. The Bertz CT molecular complexity index is 1250. The highest BCUT2D eigenvalue weighted by molar-refractivity contribution is 9.10. The van der Waals surface area contributed by atoms with Crippen molar-refractivity contribution in [2.45, 2.75) is 13.5 Å². The van der Waals surface area contributed by atoms with Crippen molar-refractivity contribution in [1.29, 1.82) is 0 Å². The molecule has 0 aliphatic carbocycles. The van der Waals surface area contributed by atoms with Crippen molar-refractivity contribution < 1.29 is 4.79 Å². The van der Waals surface area contributed by atoms with E-state index in [0.29, 0.717) is 17.5 Å². The first-order valence-corrected chi connectivity index (χ1v) is 9.53. The van der Waals surface area contributed by atoms with Crippen LogP contribution in [0.3, 0.4) is 0 Å². The fourth-order valence-corrected chi connectivity index (χ4v) is 3.49. The summed E-state index contributed by atoms with van der Waals surface area (Å²) in [6.07, 6.45) is 3.13. The van der Waals surface area contributed by atoms with Crippen LogP contribution >= 0.6 is 15.9 Å². The lowest BCUT2D eigenvalue weighted by atomic mass is 10.0. The van der Waals surface area contributed by atoms with Gasteiger partial charge in [-0.05, 0) is 59.3 Å². The molecule has 0 radical (unpaired) electrons. The van der Waals surface area contributed by atoms with Gasteiger partial charge < -0.3 is 4.57 Å². The van der Waals surface area contributed by atoms with Gasteiger partial charge in [0.15, 0.2) is 5.78 Å². The van der Waals surface area contributed by atoms with Crippen LogP contribution in [0.5, 0.6) is 0 Å². The van der Waals surface area contributed by atoms with Crippen LogP contribution in [-0.2, 0) is 6.54 Å². The third-order valence-electron chi connectivity index (χ3n) is 4.51. The number of halogens is 1. The topological polar surface area (TPSA) is 64.8 Å². The molecule has 3 heterocycles. The summed E-state index contributed by atoms with van der Waals surface area (Å²) in [6, 6.07) is 16.4. The molecule has 1 aromatic carbocycles. The minimum atomic E-state index is -0.334.